The molecule has 0 atom stereocenters. The highest BCUT2D eigenvalue weighted by molar-refractivity contribution is 6.00. The fourth-order valence-electron chi connectivity index (χ4n) is 2.42. The van der Waals surface area contributed by atoms with Crippen molar-refractivity contribution in [3.63, 3.8) is 0 Å². The largest absolute Gasteiger partial charge is 0.494 e. The molecule has 0 bridgehead atoms. The summed E-state index contributed by atoms with van der Waals surface area (Å²) in [4.78, 5) is 19.7. The summed E-state index contributed by atoms with van der Waals surface area (Å²) in [5.74, 6) is 1.47. The van der Waals surface area contributed by atoms with Crippen molar-refractivity contribution in [1.29, 1.82) is 0 Å². The van der Waals surface area contributed by atoms with Gasteiger partial charge in [0.1, 0.15) is 12.1 Å². The highest BCUT2D eigenvalue weighted by atomic mass is 16.5. The van der Waals surface area contributed by atoms with E-state index in [1.165, 1.54) is 13.4 Å². The molecule has 0 radical (unpaired) electrons. The van der Waals surface area contributed by atoms with E-state index >= 15 is 0 Å². The monoisotopic (exact) mass is 301 g/mol. The Morgan fingerprint density at radius 1 is 1.23 bits per heavy atom. The van der Waals surface area contributed by atoms with Gasteiger partial charge in [0.05, 0.1) is 19.9 Å². The van der Waals surface area contributed by atoms with Gasteiger partial charge in [-0.2, -0.15) is 0 Å². The minimum atomic E-state index is -0.108. The maximum Gasteiger partial charge on any atom is 0.252 e. The third kappa shape index (κ3) is 2.14. The second-order valence-corrected chi connectivity index (χ2v) is 4.62. The number of carbonyl (C=O) groups is 1. The summed E-state index contributed by atoms with van der Waals surface area (Å²) in [6, 6.07) is 3.49. The molecule has 2 heterocycles. The Balaban J connectivity index is 2.04. The number of anilines is 3. The molecule has 8 nitrogen and oxygen atoms in total. The van der Waals surface area contributed by atoms with Crippen molar-refractivity contribution < 1.29 is 14.3 Å². The van der Waals surface area contributed by atoms with Gasteiger partial charge in [0.15, 0.2) is 11.6 Å². The van der Waals surface area contributed by atoms with Crippen molar-refractivity contribution >= 4 is 23.2 Å². The fourth-order valence-corrected chi connectivity index (χ4v) is 2.42. The molecule has 0 saturated carbocycles. The highest BCUT2D eigenvalue weighted by Crippen LogP contribution is 2.37. The van der Waals surface area contributed by atoms with Gasteiger partial charge < -0.3 is 25.8 Å². The van der Waals surface area contributed by atoms with Crippen LogP contribution >= 0.6 is 0 Å². The topological polar surface area (TPSA) is 111 Å². The van der Waals surface area contributed by atoms with Gasteiger partial charge in [0, 0.05) is 17.7 Å². The summed E-state index contributed by atoms with van der Waals surface area (Å²) in [6.45, 7) is 0.426. The first-order valence-corrected chi connectivity index (χ1v) is 6.55. The molecule has 0 fully saturated rings. The molecule has 0 spiro atoms. The van der Waals surface area contributed by atoms with Crippen molar-refractivity contribution in [2.45, 2.75) is 6.54 Å². The first kappa shape index (κ1) is 13.9. The van der Waals surface area contributed by atoms with Gasteiger partial charge in [0.25, 0.3) is 5.91 Å². The maximum absolute atomic E-state index is 11.7. The zero-order valence-corrected chi connectivity index (χ0v) is 12.1. The molecule has 0 saturated heterocycles. The van der Waals surface area contributed by atoms with E-state index in [9.17, 15) is 4.79 Å². The Labute approximate surface area is 126 Å². The van der Waals surface area contributed by atoms with Gasteiger partial charge in [-0.3, -0.25) is 4.79 Å². The number of fused-ring (bicyclic) bond motifs is 1. The number of carbonyl (C=O) groups excluding carboxylic acids is 1. The van der Waals surface area contributed by atoms with E-state index < -0.39 is 0 Å². The lowest BCUT2D eigenvalue weighted by molar-refractivity contribution is 0.0966. The minimum Gasteiger partial charge on any atom is -0.494 e. The average molecular weight is 301 g/mol. The van der Waals surface area contributed by atoms with Crippen molar-refractivity contribution in [2.75, 3.05) is 25.3 Å². The number of methoxy groups -OCH3 is 2. The number of nitrogen functional groups attached to an aromatic ring is 1. The van der Waals surface area contributed by atoms with E-state index in [0.29, 0.717) is 35.1 Å². The van der Waals surface area contributed by atoms with Crippen LogP contribution in [0.3, 0.4) is 0 Å². The Morgan fingerprint density at radius 3 is 2.73 bits per heavy atom. The summed E-state index contributed by atoms with van der Waals surface area (Å²) in [7, 11) is 3.04. The van der Waals surface area contributed by atoms with E-state index in [4.69, 9.17) is 15.2 Å². The Hall–Kier alpha value is -3.03. The number of amides is 1. The Kier molecular flexibility index (Phi) is 3.42. The Morgan fingerprint density at radius 2 is 2.00 bits per heavy atom. The molecule has 1 aromatic carbocycles. The van der Waals surface area contributed by atoms with Crippen LogP contribution in [0.4, 0.5) is 17.3 Å². The molecule has 1 aliphatic heterocycles. The molecule has 8 heteroatoms. The van der Waals surface area contributed by atoms with Gasteiger partial charge >= 0.3 is 0 Å². The van der Waals surface area contributed by atoms with Crippen LogP contribution in [0.2, 0.25) is 0 Å². The number of hydrogen-bond donors (Lipinski definition) is 3. The van der Waals surface area contributed by atoms with Crippen LogP contribution in [-0.4, -0.2) is 30.1 Å². The zero-order valence-electron chi connectivity index (χ0n) is 12.1. The molecule has 1 amide bonds. The van der Waals surface area contributed by atoms with E-state index in [1.54, 1.807) is 19.2 Å². The van der Waals surface area contributed by atoms with Gasteiger partial charge in [-0.1, -0.05) is 0 Å². The highest BCUT2D eigenvalue weighted by Gasteiger charge is 2.25. The summed E-state index contributed by atoms with van der Waals surface area (Å²) in [5.41, 5.74) is 7.84. The summed E-state index contributed by atoms with van der Waals surface area (Å²) >= 11 is 0. The first-order chi connectivity index (χ1) is 10.7. The molecular formula is C14H15N5O3. The number of benzene rings is 1. The molecule has 0 unspecified atom stereocenters. The zero-order chi connectivity index (χ0) is 15.7. The number of nitrogens with one attached hydrogen (secondary N) is 2. The van der Waals surface area contributed by atoms with Crippen LogP contribution in [0.5, 0.6) is 11.5 Å². The minimum absolute atomic E-state index is 0.108. The first-order valence-electron chi connectivity index (χ1n) is 6.55. The normalized spacial score (nSPS) is 12.5. The van der Waals surface area contributed by atoms with E-state index in [-0.39, 0.29) is 11.7 Å². The molecular weight excluding hydrogens is 286 g/mol. The SMILES string of the molecule is COc1c(N)ncnc1Nc1ccc2c(c1OC)CNC2=O. The molecule has 2 aromatic rings. The lowest BCUT2D eigenvalue weighted by Crippen LogP contribution is -2.12. The van der Waals surface area contributed by atoms with E-state index in [0.717, 1.165) is 5.56 Å². The van der Waals surface area contributed by atoms with Crippen LogP contribution in [0.15, 0.2) is 18.5 Å². The molecule has 3 rings (SSSR count). The predicted molar refractivity (Wildman–Crippen MR) is 80.4 cm³/mol. The fraction of sp³-hybridized carbons (Fsp3) is 0.214. The summed E-state index contributed by atoms with van der Waals surface area (Å²) in [5, 5.41) is 5.87. The van der Waals surface area contributed by atoms with Crippen molar-refractivity contribution in [3.8, 4) is 11.5 Å². The van der Waals surface area contributed by atoms with Crippen LogP contribution in [-0.2, 0) is 6.54 Å². The quantitative estimate of drug-likeness (QED) is 0.774. The van der Waals surface area contributed by atoms with Crippen molar-refractivity contribution in [2.24, 2.45) is 0 Å². The number of rotatable bonds is 4. The molecule has 4 N–H and O–H groups in total. The van der Waals surface area contributed by atoms with Crippen molar-refractivity contribution in [3.05, 3.63) is 29.6 Å². The smallest absolute Gasteiger partial charge is 0.252 e. The predicted octanol–water partition coefficient (Wildman–Crippen LogP) is 1.06. The maximum atomic E-state index is 11.7. The van der Waals surface area contributed by atoms with Crippen LogP contribution in [0.1, 0.15) is 15.9 Å². The van der Waals surface area contributed by atoms with Gasteiger partial charge in [-0.15, -0.1) is 0 Å². The molecule has 22 heavy (non-hydrogen) atoms. The van der Waals surface area contributed by atoms with Crippen molar-refractivity contribution in [1.82, 2.24) is 15.3 Å². The molecule has 1 aliphatic rings. The second kappa shape index (κ2) is 5.40. The number of hydrogen-bond acceptors (Lipinski definition) is 7. The van der Waals surface area contributed by atoms with Gasteiger partial charge in [-0.05, 0) is 12.1 Å². The lowest BCUT2D eigenvalue weighted by atomic mass is 10.1. The summed E-state index contributed by atoms with van der Waals surface area (Å²) in [6.07, 6.45) is 1.34. The number of ether oxygens (including phenoxy) is 2. The molecule has 0 aliphatic carbocycles. The van der Waals surface area contributed by atoms with Crippen LogP contribution in [0.25, 0.3) is 0 Å². The molecule has 1 aromatic heterocycles. The van der Waals surface area contributed by atoms with E-state index in [2.05, 4.69) is 20.6 Å². The Bertz CT molecular complexity index is 747. The van der Waals surface area contributed by atoms with Crippen LogP contribution < -0.4 is 25.8 Å². The second-order valence-electron chi connectivity index (χ2n) is 4.62. The number of nitrogens with zero attached hydrogens (tertiary/aromatic N) is 2. The standard InChI is InChI=1S/C14H15N5O3/c1-21-10-8-5-16-14(20)7(8)3-4-9(10)19-13-11(22-2)12(15)17-6-18-13/h3-4,6H,5H2,1-2H3,(H,16,20)(H3,15,17,18,19). The summed E-state index contributed by atoms with van der Waals surface area (Å²) < 4.78 is 10.7. The number of aromatic nitrogens is 2. The third-order valence-electron chi connectivity index (χ3n) is 3.42. The number of nitrogens with two attached hydrogens (primary N) is 1. The lowest BCUT2D eigenvalue weighted by Gasteiger charge is -2.15. The van der Waals surface area contributed by atoms with Crippen LogP contribution in [0, 0.1) is 0 Å². The molecule has 114 valence electrons. The van der Waals surface area contributed by atoms with E-state index in [1.807, 2.05) is 0 Å². The van der Waals surface area contributed by atoms with Gasteiger partial charge in [-0.25, -0.2) is 9.97 Å². The third-order valence-corrected chi connectivity index (χ3v) is 3.42. The average Bonchev–Trinajstić information content (AvgIpc) is 2.89. The van der Waals surface area contributed by atoms with Gasteiger partial charge in [0.2, 0.25) is 5.75 Å².